The molecular formula is C16H19FN2S. The van der Waals surface area contributed by atoms with E-state index in [1.54, 1.807) is 17.4 Å². The predicted octanol–water partition coefficient (Wildman–Crippen LogP) is 4.24. The Morgan fingerprint density at radius 1 is 1.45 bits per heavy atom. The monoisotopic (exact) mass is 290 g/mol. The molecule has 0 aliphatic heterocycles. The third-order valence-corrected chi connectivity index (χ3v) is 4.92. The minimum atomic E-state index is -0.170. The summed E-state index contributed by atoms with van der Waals surface area (Å²) in [6.07, 6.45) is 3.38. The number of benzene rings is 1. The van der Waals surface area contributed by atoms with E-state index in [-0.39, 0.29) is 5.82 Å². The van der Waals surface area contributed by atoms with E-state index in [1.807, 2.05) is 19.1 Å². The summed E-state index contributed by atoms with van der Waals surface area (Å²) in [7, 11) is 0. The zero-order chi connectivity index (χ0) is 14.1. The zero-order valence-electron chi connectivity index (χ0n) is 11.9. The van der Waals surface area contributed by atoms with E-state index in [1.165, 1.54) is 11.3 Å². The van der Waals surface area contributed by atoms with Gasteiger partial charge in [-0.15, -0.1) is 11.3 Å². The molecule has 0 fully saturated rings. The van der Waals surface area contributed by atoms with Gasteiger partial charge in [-0.3, -0.25) is 0 Å². The summed E-state index contributed by atoms with van der Waals surface area (Å²) in [4.78, 5) is 6.04. The second kappa shape index (κ2) is 5.62. The fourth-order valence-corrected chi connectivity index (χ4v) is 3.96. The van der Waals surface area contributed by atoms with Gasteiger partial charge in [-0.05, 0) is 50.4 Å². The molecule has 2 aromatic rings. The van der Waals surface area contributed by atoms with Crippen molar-refractivity contribution in [2.75, 3.05) is 6.54 Å². The molecule has 0 spiro atoms. The molecule has 0 amide bonds. The Bertz CT molecular complexity index is 621. The summed E-state index contributed by atoms with van der Waals surface area (Å²) in [5.74, 6) is -0.170. The van der Waals surface area contributed by atoms with Gasteiger partial charge >= 0.3 is 0 Å². The van der Waals surface area contributed by atoms with Gasteiger partial charge in [-0.1, -0.05) is 13.0 Å². The van der Waals surface area contributed by atoms with Gasteiger partial charge in [-0.25, -0.2) is 9.37 Å². The molecule has 3 rings (SSSR count). The Labute approximate surface area is 123 Å². The standard InChI is InChI=1S/C16H19FN2S/c1-3-18-13-5-4-6-14-15(13)19-16(20-14)11-8-7-10(2)9-12(11)17/h7-9,13,18H,3-6H2,1-2H3. The first-order chi connectivity index (χ1) is 9.69. The molecule has 1 aromatic carbocycles. The lowest BCUT2D eigenvalue weighted by molar-refractivity contribution is 0.465. The number of rotatable bonds is 3. The largest absolute Gasteiger partial charge is 0.309 e. The van der Waals surface area contributed by atoms with Gasteiger partial charge in [0.05, 0.1) is 11.7 Å². The number of halogens is 1. The maximum Gasteiger partial charge on any atom is 0.133 e. The molecule has 0 radical (unpaired) electrons. The molecule has 106 valence electrons. The van der Waals surface area contributed by atoms with Crippen LogP contribution in [-0.2, 0) is 6.42 Å². The van der Waals surface area contributed by atoms with Gasteiger partial charge in [0.2, 0.25) is 0 Å². The second-order valence-corrected chi connectivity index (χ2v) is 6.40. The van der Waals surface area contributed by atoms with Crippen LogP contribution >= 0.6 is 11.3 Å². The molecule has 1 N–H and O–H groups in total. The fraction of sp³-hybridized carbons (Fsp3) is 0.438. The first kappa shape index (κ1) is 13.7. The van der Waals surface area contributed by atoms with Crippen molar-refractivity contribution < 1.29 is 4.39 Å². The molecule has 1 aliphatic rings. The van der Waals surface area contributed by atoms with E-state index in [0.717, 1.165) is 35.7 Å². The van der Waals surface area contributed by atoms with Crippen molar-refractivity contribution in [3.8, 4) is 10.6 Å². The van der Waals surface area contributed by atoms with E-state index in [9.17, 15) is 4.39 Å². The fourth-order valence-electron chi connectivity index (χ4n) is 2.77. The molecular weight excluding hydrogens is 271 g/mol. The molecule has 1 aliphatic carbocycles. The molecule has 0 saturated heterocycles. The number of hydrogen-bond acceptors (Lipinski definition) is 3. The SMILES string of the molecule is CCNC1CCCc2sc(-c3ccc(C)cc3F)nc21. The van der Waals surface area contributed by atoms with E-state index < -0.39 is 0 Å². The summed E-state index contributed by atoms with van der Waals surface area (Å²) in [5, 5.41) is 4.30. The number of thiazole rings is 1. The van der Waals surface area contributed by atoms with Crippen molar-refractivity contribution in [3.63, 3.8) is 0 Å². The average molecular weight is 290 g/mol. The van der Waals surface area contributed by atoms with Crippen LogP contribution < -0.4 is 5.32 Å². The van der Waals surface area contributed by atoms with Crippen molar-refractivity contribution in [2.24, 2.45) is 0 Å². The predicted molar refractivity (Wildman–Crippen MR) is 81.6 cm³/mol. The number of aryl methyl sites for hydroxylation is 2. The minimum absolute atomic E-state index is 0.170. The van der Waals surface area contributed by atoms with E-state index in [0.29, 0.717) is 11.6 Å². The van der Waals surface area contributed by atoms with Crippen molar-refractivity contribution in [1.29, 1.82) is 0 Å². The van der Waals surface area contributed by atoms with Crippen LogP contribution in [0.15, 0.2) is 18.2 Å². The first-order valence-electron chi connectivity index (χ1n) is 7.18. The van der Waals surface area contributed by atoms with Gasteiger partial charge < -0.3 is 5.32 Å². The minimum Gasteiger partial charge on any atom is -0.309 e. The maximum absolute atomic E-state index is 14.1. The van der Waals surface area contributed by atoms with Crippen LogP contribution in [0.25, 0.3) is 10.6 Å². The van der Waals surface area contributed by atoms with Crippen LogP contribution in [0, 0.1) is 12.7 Å². The van der Waals surface area contributed by atoms with Crippen LogP contribution in [0.2, 0.25) is 0 Å². The van der Waals surface area contributed by atoms with Crippen LogP contribution in [0.3, 0.4) is 0 Å². The third kappa shape index (κ3) is 2.50. The molecule has 0 bridgehead atoms. The van der Waals surface area contributed by atoms with Crippen LogP contribution in [0.4, 0.5) is 4.39 Å². The molecule has 1 heterocycles. The van der Waals surface area contributed by atoms with Crippen molar-refractivity contribution in [1.82, 2.24) is 10.3 Å². The van der Waals surface area contributed by atoms with Crippen molar-refractivity contribution >= 4 is 11.3 Å². The quantitative estimate of drug-likeness (QED) is 0.914. The molecule has 20 heavy (non-hydrogen) atoms. The molecule has 1 aromatic heterocycles. The molecule has 1 unspecified atom stereocenters. The number of nitrogens with one attached hydrogen (secondary N) is 1. The molecule has 4 heteroatoms. The third-order valence-electron chi connectivity index (χ3n) is 3.76. The summed E-state index contributed by atoms with van der Waals surface area (Å²) in [5.41, 5.74) is 2.71. The maximum atomic E-state index is 14.1. The van der Waals surface area contributed by atoms with Crippen LogP contribution in [-0.4, -0.2) is 11.5 Å². The lowest BCUT2D eigenvalue weighted by atomic mass is 9.97. The highest BCUT2D eigenvalue weighted by Crippen LogP contribution is 2.37. The van der Waals surface area contributed by atoms with Gasteiger partial charge in [0.25, 0.3) is 0 Å². The molecule has 1 atom stereocenters. The summed E-state index contributed by atoms with van der Waals surface area (Å²) in [6, 6.07) is 5.71. The van der Waals surface area contributed by atoms with Crippen molar-refractivity contribution in [3.05, 3.63) is 40.2 Å². The number of hydrogen-bond donors (Lipinski definition) is 1. The van der Waals surface area contributed by atoms with Gasteiger partial charge in [0, 0.05) is 10.4 Å². The topological polar surface area (TPSA) is 24.9 Å². The van der Waals surface area contributed by atoms with Gasteiger partial charge in [0.15, 0.2) is 0 Å². The highest BCUT2D eigenvalue weighted by molar-refractivity contribution is 7.15. The van der Waals surface area contributed by atoms with Gasteiger partial charge in [-0.2, -0.15) is 0 Å². The Balaban J connectivity index is 2.00. The first-order valence-corrected chi connectivity index (χ1v) is 8.00. The normalized spacial score (nSPS) is 18.1. The second-order valence-electron chi connectivity index (χ2n) is 5.31. The van der Waals surface area contributed by atoms with Crippen molar-refractivity contribution in [2.45, 2.75) is 39.2 Å². The summed E-state index contributed by atoms with van der Waals surface area (Å²) >= 11 is 1.65. The Hall–Kier alpha value is -1.26. The number of nitrogens with zero attached hydrogens (tertiary/aromatic N) is 1. The smallest absolute Gasteiger partial charge is 0.133 e. The number of aromatic nitrogens is 1. The highest BCUT2D eigenvalue weighted by atomic mass is 32.1. The van der Waals surface area contributed by atoms with E-state index in [4.69, 9.17) is 4.98 Å². The lowest BCUT2D eigenvalue weighted by Crippen LogP contribution is -2.24. The van der Waals surface area contributed by atoms with Crippen LogP contribution in [0.1, 0.15) is 41.9 Å². The Morgan fingerprint density at radius 3 is 3.05 bits per heavy atom. The Kier molecular flexibility index (Phi) is 3.85. The zero-order valence-corrected chi connectivity index (χ0v) is 12.7. The average Bonchev–Trinajstić information content (AvgIpc) is 2.83. The van der Waals surface area contributed by atoms with E-state index >= 15 is 0 Å². The molecule has 2 nitrogen and oxygen atoms in total. The van der Waals surface area contributed by atoms with Gasteiger partial charge in [0.1, 0.15) is 10.8 Å². The summed E-state index contributed by atoms with van der Waals surface area (Å²) in [6.45, 7) is 4.96. The summed E-state index contributed by atoms with van der Waals surface area (Å²) < 4.78 is 14.1. The molecule has 0 saturated carbocycles. The van der Waals surface area contributed by atoms with E-state index in [2.05, 4.69) is 12.2 Å². The number of fused-ring (bicyclic) bond motifs is 1. The van der Waals surface area contributed by atoms with Crippen LogP contribution in [0.5, 0.6) is 0 Å². The Morgan fingerprint density at radius 2 is 2.30 bits per heavy atom. The lowest BCUT2D eigenvalue weighted by Gasteiger charge is -2.21. The highest BCUT2D eigenvalue weighted by Gasteiger charge is 2.25.